The lowest BCUT2D eigenvalue weighted by Crippen LogP contribution is -2.33. The molecule has 1 aliphatic heterocycles. The predicted molar refractivity (Wildman–Crippen MR) is 83.3 cm³/mol. The van der Waals surface area contributed by atoms with E-state index in [1.54, 1.807) is 0 Å². The second-order valence-corrected chi connectivity index (χ2v) is 6.72. The van der Waals surface area contributed by atoms with Crippen molar-refractivity contribution in [2.75, 3.05) is 19.7 Å². The number of hydrogen-bond donors (Lipinski definition) is 1. The molecule has 1 heterocycles. The van der Waals surface area contributed by atoms with Gasteiger partial charge in [-0.1, -0.05) is 41.9 Å². The van der Waals surface area contributed by atoms with Crippen LogP contribution in [-0.2, 0) is 4.74 Å². The number of nitrogens with one attached hydrogen (secondary N) is 1. The summed E-state index contributed by atoms with van der Waals surface area (Å²) in [6.45, 7) is 7.52. The van der Waals surface area contributed by atoms with Crippen LogP contribution < -0.4 is 5.32 Å². The second kappa shape index (κ2) is 7.41. The molecule has 2 unspecified atom stereocenters. The van der Waals surface area contributed by atoms with Gasteiger partial charge in [-0.2, -0.15) is 0 Å². The van der Waals surface area contributed by atoms with Crippen LogP contribution in [0, 0.1) is 11.8 Å². The average Bonchev–Trinajstić information content (AvgIpc) is 2.39. The van der Waals surface area contributed by atoms with E-state index in [4.69, 9.17) is 4.74 Å². The third kappa shape index (κ3) is 4.59. The Labute approximate surface area is 125 Å². The minimum Gasteiger partial charge on any atom is -0.373 e. The summed E-state index contributed by atoms with van der Waals surface area (Å²) in [6, 6.07) is 8.52. The number of hydrogen-bond acceptors (Lipinski definition) is 2. The molecule has 2 atom stereocenters. The fourth-order valence-electron chi connectivity index (χ4n) is 2.66. The third-order valence-electron chi connectivity index (χ3n) is 3.58. The highest BCUT2D eigenvalue weighted by atomic mass is 79.9. The maximum absolute atomic E-state index is 6.03. The maximum Gasteiger partial charge on any atom is 0.0865 e. The summed E-state index contributed by atoms with van der Waals surface area (Å²) in [6.07, 6.45) is 2.67. The summed E-state index contributed by atoms with van der Waals surface area (Å²) in [5.74, 6) is 1.29. The summed E-state index contributed by atoms with van der Waals surface area (Å²) in [5.41, 5.74) is 1.30. The van der Waals surface area contributed by atoms with Crippen molar-refractivity contribution in [1.82, 2.24) is 5.32 Å². The number of rotatable bonds is 5. The molecule has 0 bridgehead atoms. The van der Waals surface area contributed by atoms with Gasteiger partial charge in [-0.15, -0.1) is 0 Å². The van der Waals surface area contributed by atoms with E-state index in [1.165, 1.54) is 18.4 Å². The monoisotopic (exact) mass is 325 g/mol. The van der Waals surface area contributed by atoms with Gasteiger partial charge in [0.2, 0.25) is 0 Å². The first-order valence-electron chi connectivity index (χ1n) is 7.24. The van der Waals surface area contributed by atoms with E-state index in [2.05, 4.69) is 59.4 Å². The van der Waals surface area contributed by atoms with Crippen molar-refractivity contribution < 1.29 is 4.74 Å². The molecule has 1 saturated heterocycles. The average molecular weight is 326 g/mol. The molecule has 2 rings (SSSR count). The van der Waals surface area contributed by atoms with Gasteiger partial charge in [-0.25, -0.2) is 0 Å². The minimum absolute atomic E-state index is 0.242. The molecule has 1 fully saturated rings. The van der Waals surface area contributed by atoms with Crippen molar-refractivity contribution in [2.45, 2.75) is 32.8 Å². The second-order valence-electron chi connectivity index (χ2n) is 5.80. The van der Waals surface area contributed by atoms with Crippen LogP contribution in [0.5, 0.6) is 0 Å². The fourth-order valence-corrected chi connectivity index (χ4v) is 3.08. The number of ether oxygens (including phenoxy) is 1. The SMILES string of the molecule is CC(C)CNCC1CCCOC1c1cccc(Br)c1. The lowest BCUT2D eigenvalue weighted by Gasteiger charge is -2.32. The van der Waals surface area contributed by atoms with Crippen LogP contribution in [0.15, 0.2) is 28.7 Å². The lowest BCUT2D eigenvalue weighted by atomic mass is 9.89. The number of halogens is 1. The van der Waals surface area contributed by atoms with E-state index in [0.29, 0.717) is 11.8 Å². The van der Waals surface area contributed by atoms with E-state index in [-0.39, 0.29) is 6.10 Å². The smallest absolute Gasteiger partial charge is 0.0865 e. The Balaban J connectivity index is 1.99. The van der Waals surface area contributed by atoms with Crippen LogP contribution in [0.4, 0.5) is 0 Å². The Kier molecular flexibility index (Phi) is 5.86. The lowest BCUT2D eigenvalue weighted by molar-refractivity contribution is -0.0279. The van der Waals surface area contributed by atoms with Crippen molar-refractivity contribution in [1.29, 1.82) is 0 Å². The Morgan fingerprint density at radius 2 is 2.26 bits per heavy atom. The minimum atomic E-state index is 0.242. The van der Waals surface area contributed by atoms with Crippen LogP contribution in [0.3, 0.4) is 0 Å². The highest BCUT2D eigenvalue weighted by Gasteiger charge is 2.27. The zero-order chi connectivity index (χ0) is 13.7. The first-order valence-corrected chi connectivity index (χ1v) is 8.04. The molecule has 0 amide bonds. The van der Waals surface area contributed by atoms with Crippen LogP contribution in [0.1, 0.15) is 38.4 Å². The first kappa shape index (κ1) is 15.0. The molecular weight excluding hydrogens is 302 g/mol. The Morgan fingerprint density at radius 1 is 1.42 bits per heavy atom. The first-order chi connectivity index (χ1) is 9.16. The van der Waals surface area contributed by atoms with Gasteiger partial charge in [-0.05, 0) is 43.0 Å². The summed E-state index contributed by atoms with van der Waals surface area (Å²) < 4.78 is 7.16. The quantitative estimate of drug-likeness (QED) is 0.877. The molecule has 1 aliphatic rings. The molecule has 1 aromatic rings. The van der Waals surface area contributed by atoms with Crippen molar-refractivity contribution in [3.8, 4) is 0 Å². The molecule has 106 valence electrons. The van der Waals surface area contributed by atoms with E-state index in [1.807, 2.05) is 0 Å². The van der Waals surface area contributed by atoms with Crippen molar-refractivity contribution in [3.63, 3.8) is 0 Å². The van der Waals surface area contributed by atoms with Gasteiger partial charge in [0.1, 0.15) is 0 Å². The summed E-state index contributed by atoms with van der Waals surface area (Å²) in [7, 11) is 0. The topological polar surface area (TPSA) is 21.3 Å². The van der Waals surface area contributed by atoms with Gasteiger partial charge >= 0.3 is 0 Å². The molecule has 19 heavy (non-hydrogen) atoms. The highest BCUT2D eigenvalue weighted by Crippen LogP contribution is 2.34. The molecule has 2 nitrogen and oxygen atoms in total. The normalized spacial score (nSPS) is 23.8. The van der Waals surface area contributed by atoms with E-state index in [9.17, 15) is 0 Å². The van der Waals surface area contributed by atoms with E-state index < -0.39 is 0 Å². The van der Waals surface area contributed by atoms with E-state index >= 15 is 0 Å². The van der Waals surface area contributed by atoms with E-state index in [0.717, 1.165) is 24.2 Å². The molecule has 1 N–H and O–H groups in total. The summed E-state index contributed by atoms with van der Waals surface area (Å²) in [5, 5.41) is 3.58. The molecule has 0 spiro atoms. The third-order valence-corrected chi connectivity index (χ3v) is 4.07. The van der Waals surface area contributed by atoms with Crippen LogP contribution in [0.2, 0.25) is 0 Å². The molecular formula is C16H24BrNO. The fraction of sp³-hybridized carbons (Fsp3) is 0.625. The highest BCUT2D eigenvalue weighted by molar-refractivity contribution is 9.10. The molecule has 0 saturated carbocycles. The van der Waals surface area contributed by atoms with Crippen LogP contribution >= 0.6 is 15.9 Å². The van der Waals surface area contributed by atoms with Gasteiger partial charge in [-0.3, -0.25) is 0 Å². The van der Waals surface area contributed by atoms with Gasteiger partial charge in [0, 0.05) is 23.5 Å². The maximum atomic E-state index is 6.03. The van der Waals surface area contributed by atoms with Gasteiger partial charge in [0.25, 0.3) is 0 Å². The molecule has 1 aromatic carbocycles. The Bertz CT molecular complexity index is 394. The van der Waals surface area contributed by atoms with Crippen LogP contribution in [-0.4, -0.2) is 19.7 Å². The molecule has 0 radical (unpaired) electrons. The Hall–Kier alpha value is -0.380. The van der Waals surface area contributed by atoms with Crippen molar-refractivity contribution in [2.24, 2.45) is 11.8 Å². The molecule has 0 aliphatic carbocycles. The standard InChI is InChI=1S/C16H24BrNO/c1-12(2)10-18-11-14-6-4-8-19-16(14)13-5-3-7-15(17)9-13/h3,5,7,9,12,14,16,18H,4,6,8,10-11H2,1-2H3. The predicted octanol–water partition coefficient (Wildman–Crippen LogP) is 4.16. The van der Waals surface area contributed by atoms with Crippen LogP contribution in [0.25, 0.3) is 0 Å². The summed E-state index contributed by atoms with van der Waals surface area (Å²) >= 11 is 3.55. The molecule has 0 aromatic heterocycles. The Morgan fingerprint density at radius 3 is 3.00 bits per heavy atom. The number of benzene rings is 1. The summed E-state index contributed by atoms with van der Waals surface area (Å²) in [4.78, 5) is 0. The zero-order valence-electron chi connectivity index (χ0n) is 11.9. The van der Waals surface area contributed by atoms with Gasteiger partial charge in [0.05, 0.1) is 6.10 Å². The van der Waals surface area contributed by atoms with Gasteiger partial charge in [0.15, 0.2) is 0 Å². The zero-order valence-corrected chi connectivity index (χ0v) is 13.4. The van der Waals surface area contributed by atoms with Crippen molar-refractivity contribution in [3.05, 3.63) is 34.3 Å². The largest absolute Gasteiger partial charge is 0.373 e. The van der Waals surface area contributed by atoms with Crippen molar-refractivity contribution >= 4 is 15.9 Å². The molecule has 3 heteroatoms. The van der Waals surface area contributed by atoms with Gasteiger partial charge < -0.3 is 10.1 Å².